The second kappa shape index (κ2) is 10.1. The highest BCUT2D eigenvalue weighted by Gasteiger charge is 2.11. The van der Waals surface area contributed by atoms with E-state index in [1.807, 2.05) is 32.0 Å². The van der Waals surface area contributed by atoms with Crippen molar-refractivity contribution in [2.75, 3.05) is 29.6 Å². The minimum Gasteiger partial charge on any atom is -0.484 e. The zero-order chi connectivity index (χ0) is 22.4. The number of hydrogen-bond acceptors (Lipinski definition) is 8. The Labute approximate surface area is 188 Å². The van der Waals surface area contributed by atoms with Crippen LogP contribution in [0.25, 0.3) is 0 Å². The summed E-state index contributed by atoms with van der Waals surface area (Å²) in [6.07, 6.45) is 4.03. The van der Waals surface area contributed by atoms with Crippen LogP contribution in [-0.2, 0) is 4.79 Å². The van der Waals surface area contributed by atoms with E-state index in [1.54, 1.807) is 36.1 Å². The number of hydrogen-bond donors (Lipinski definition) is 3. The molecule has 9 nitrogen and oxygen atoms in total. The molecule has 0 spiro atoms. The van der Waals surface area contributed by atoms with E-state index in [9.17, 15) is 9.59 Å². The third kappa shape index (κ3) is 5.40. The van der Waals surface area contributed by atoms with E-state index in [0.717, 1.165) is 5.69 Å². The number of carbonyl (C=O) groups excluding carboxylic acids is 1. The third-order valence-corrected chi connectivity index (χ3v) is 4.92. The first-order valence-electron chi connectivity index (χ1n) is 9.59. The summed E-state index contributed by atoms with van der Waals surface area (Å²) in [5.74, 6) is 1.29. The Morgan fingerprint density at radius 3 is 2.74 bits per heavy atom. The molecule has 2 heterocycles. The number of nitrogens with zero attached hydrogens (tertiary/aromatic N) is 3. The van der Waals surface area contributed by atoms with Gasteiger partial charge in [-0.05, 0) is 54.0 Å². The highest BCUT2D eigenvalue weighted by atomic mass is 79.9. The molecule has 0 atom stereocenters. The summed E-state index contributed by atoms with van der Waals surface area (Å²) in [5.41, 5.74) is 1.69. The maximum atomic E-state index is 12.7. The van der Waals surface area contributed by atoms with Gasteiger partial charge in [-0.2, -0.15) is 4.98 Å². The summed E-state index contributed by atoms with van der Waals surface area (Å²) >= 11 is 3.42. The Hall–Kier alpha value is -3.40. The van der Waals surface area contributed by atoms with Gasteiger partial charge in [0.05, 0.1) is 10.2 Å². The lowest BCUT2D eigenvalue weighted by Crippen LogP contribution is -2.23. The molecule has 3 aromatic rings. The maximum absolute atomic E-state index is 12.7. The van der Waals surface area contributed by atoms with Crippen LogP contribution in [0.4, 0.5) is 28.8 Å². The minimum absolute atomic E-state index is 0.0385. The highest BCUT2D eigenvalue weighted by Crippen LogP contribution is 2.30. The Morgan fingerprint density at radius 1 is 1.23 bits per heavy atom. The van der Waals surface area contributed by atoms with Gasteiger partial charge in [-0.25, -0.2) is 4.98 Å². The quantitative estimate of drug-likeness (QED) is 0.388. The van der Waals surface area contributed by atoms with Gasteiger partial charge in [-0.15, -0.1) is 0 Å². The van der Waals surface area contributed by atoms with E-state index in [1.165, 1.54) is 0 Å². The van der Waals surface area contributed by atoms with Gasteiger partial charge in [-0.3, -0.25) is 9.59 Å². The molecule has 2 aromatic heterocycles. The van der Waals surface area contributed by atoms with Gasteiger partial charge >= 0.3 is 0 Å². The van der Waals surface area contributed by atoms with Gasteiger partial charge in [-0.1, -0.05) is 0 Å². The highest BCUT2D eigenvalue weighted by molar-refractivity contribution is 9.10. The summed E-state index contributed by atoms with van der Waals surface area (Å²) in [5, 5.41) is 9.19. The number of aldehydes is 1. The van der Waals surface area contributed by atoms with Gasteiger partial charge in [0, 0.05) is 37.2 Å². The van der Waals surface area contributed by atoms with E-state index >= 15 is 0 Å². The molecule has 0 amide bonds. The molecule has 31 heavy (non-hydrogen) atoms. The molecule has 0 unspecified atom stereocenters. The molecule has 0 radical (unpaired) electrons. The molecule has 162 valence electrons. The van der Waals surface area contributed by atoms with E-state index < -0.39 is 0 Å². The van der Waals surface area contributed by atoms with Crippen LogP contribution in [0.3, 0.4) is 0 Å². The third-order valence-electron chi connectivity index (χ3n) is 4.34. The van der Waals surface area contributed by atoms with Crippen molar-refractivity contribution in [2.45, 2.75) is 19.9 Å². The second-order valence-electron chi connectivity index (χ2n) is 6.81. The van der Waals surface area contributed by atoms with Crippen LogP contribution >= 0.6 is 15.9 Å². The Kier molecular flexibility index (Phi) is 7.24. The van der Waals surface area contributed by atoms with Crippen molar-refractivity contribution < 1.29 is 9.53 Å². The lowest BCUT2D eigenvalue weighted by Gasteiger charge is -2.14. The molecule has 0 aliphatic rings. The van der Waals surface area contributed by atoms with E-state index in [4.69, 9.17) is 4.74 Å². The van der Waals surface area contributed by atoms with Crippen LogP contribution < -0.4 is 26.2 Å². The van der Waals surface area contributed by atoms with Crippen LogP contribution in [0, 0.1) is 0 Å². The maximum Gasteiger partial charge on any atom is 0.274 e. The fourth-order valence-electron chi connectivity index (χ4n) is 2.83. The van der Waals surface area contributed by atoms with Gasteiger partial charge in [0.15, 0.2) is 12.1 Å². The first kappa shape index (κ1) is 22.3. The Morgan fingerprint density at radius 2 is 2.03 bits per heavy atom. The molecule has 1 aromatic carbocycles. The number of rotatable bonds is 9. The normalized spacial score (nSPS) is 10.6. The van der Waals surface area contributed by atoms with Crippen LogP contribution in [-0.4, -0.2) is 34.5 Å². The number of ether oxygens (including phenoxy) is 1. The topological polar surface area (TPSA) is 110 Å². The second-order valence-corrected chi connectivity index (χ2v) is 7.66. The summed E-state index contributed by atoms with van der Waals surface area (Å²) < 4.78 is 7.70. The summed E-state index contributed by atoms with van der Waals surface area (Å²) in [7, 11) is 1.77. The van der Waals surface area contributed by atoms with Crippen molar-refractivity contribution in [3.05, 3.63) is 57.6 Å². The SMILES string of the molecule is CNc1ccc(Nc2ncc(Br)c(Nc3cccn(C(C)C)c3=O)n2)cc1OCC=O. The number of pyridine rings is 1. The molecule has 0 aliphatic heterocycles. The summed E-state index contributed by atoms with van der Waals surface area (Å²) in [6.45, 7) is 3.84. The predicted octanol–water partition coefficient (Wildman–Crippen LogP) is 4.09. The summed E-state index contributed by atoms with van der Waals surface area (Å²) in [4.78, 5) is 32.1. The lowest BCUT2D eigenvalue weighted by molar-refractivity contribution is -0.109. The van der Waals surface area contributed by atoms with Crippen LogP contribution in [0.1, 0.15) is 19.9 Å². The van der Waals surface area contributed by atoms with Crippen molar-refractivity contribution in [2.24, 2.45) is 0 Å². The van der Waals surface area contributed by atoms with E-state index in [-0.39, 0.29) is 18.2 Å². The Balaban J connectivity index is 1.86. The lowest BCUT2D eigenvalue weighted by atomic mass is 10.2. The molecule has 0 saturated heterocycles. The number of anilines is 5. The smallest absolute Gasteiger partial charge is 0.274 e. The van der Waals surface area contributed by atoms with Crippen molar-refractivity contribution in [1.29, 1.82) is 0 Å². The number of halogens is 1. The monoisotopic (exact) mass is 486 g/mol. The van der Waals surface area contributed by atoms with Crippen LogP contribution in [0.2, 0.25) is 0 Å². The summed E-state index contributed by atoms with van der Waals surface area (Å²) in [6, 6.07) is 8.94. The Bertz CT molecular complexity index is 1130. The zero-order valence-electron chi connectivity index (χ0n) is 17.3. The molecule has 3 N–H and O–H groups in total. The molecular weight excluding hydrogens is 464 g/mol. The van der Waals surface area contributed by atoms with Crippen molar-refractivity contribution in [3.8, 4) is 5.75 Å². The van der Waals surface area contributed by atoms with Gasteiger partial charge < -0.3 is 25.3 Å². The number of carbonyl (C=O) groups is 1. The standard InChI is InChI=1S/C21H23BrN6O3/c1-13(2)28-8-4-5-17(20(28)30)26-19-15(22)12-24-21(27-19)25-14-6-7-16(23-3)18(11-14)31-10-9-29/h4-9,11-13,23H,10H2,1-3H3,(H2,24,25,26,27). The average molecular weight is 487 g/mol. The van der Waals surface area contributed by atoms with E-state index in [0.29, 0.717) is 39.6 Å². The first-order chi connectivity index (χ1) is 14.9. The molecule has 0 saturated carbocycles. The predicted molar refractivity (Wildman–Crippen MR) is 125 cm³/mol. The van der Waals surface area contributed by atoms with Crippen molar-refractivity contribution >= 4 is 51.0 Å². The first-order valence-corrected chi connectivity index (χ1v) is 10.4. The van der Waals surface area contributed by atoms with Crippen LogP contribution in [0.15, 0.2) is 52.0 Å². The molecule has 0 bridgehead atoms. The fraction of sp³-hybridized carbons (Fsp3) is 0.238. The number of benzene rings is 1. The van der Waals surface area contributed by atoms with E-state index in [2.05, 4.69) is 41.8 Å². The van der Waals surface area contributed by atoms with Crippen molar-refractivity contribution in [3.63, 3.8) is 0 Å². The minimum atomic E-state index is -0.142. The van der Waals surface area contributed by atoms with Gasteiger partial charge in [0.25, 0.3) is 5.56 Å². The van der Waals surface area contributed by atoms with Gasteiger partial charge in [0.1, 0.15) is 18.0 Å². The molecule has 3 rings (SSSR count). The van der Waals surface area contributed by atoms with Crippen molar-refractivity contribution in [1.82, 2.24) is 14.5 Å². The molecular formula is C21H23BrN6O3. The molecule has 10 heteroatoms. The molecule has 0 aliphatic carbocycles. The fourth-order valence-corrected chi connectivity index (χ4v) is 3.12. The number of aromatic nitrogens is 3. The largest absolute Gasteiger partial charge is 0.484 e. The van der Waals surface area contributed by atoms with Crippen LogP contribution in [0.5, 0.6) is 5.75 Å². The number of nitrogens with one attached hydrogen (secondary N) is 3. The molecule has 0 fully saturated rings. The van der Waals surface area contributed by atoms with Gasteiger partial charge in [0.2, 0.25) is 5.95 Å². The zero-order valence-corrected chi connectivity index (χ0v) is 18.9. The average Bonchev–Trinajstić information content (AvgIpc) is 2.76.